The number of nitrogens with one attached hydrogen (secondary N) is 1. The van der Waals surface area contributed by atoms with Crippen LogP contribution in [0.3, 0.4) is 0 Å². The predicted octanol–water partition coefficient (Wildman–Crippen LogP) is 3.73. The third kappa shape index (κ3) is 5.22. The highest BCUT2D eigenvalue weighted by atomic mass is 19.1. The molecule has 31 heavy (non-hydrogen) atoms. The molecule has 3 rings (SSSR count). The molecule has 1 amide bonds. The number of amides is 1. The molecule has 0 saturated heterocycles. The van der Waals surface area contributed by atoms with Crippen molar-refractivity contribution in [2.45, 2.75) is 25.2 Å². The van der Waals surface area contributed by atoms with E-state index in [2.05, 4.69) is 10.3 Å². The van der Waals surface area contributed by atoms with E-state index in [1.165, 1.54) is 26.4 Å². The van der Waals surface area contributed by atoms with Crippen molar-refractivity contribution < 1.29 is 28.2 Å². The molecule has 0 unspecified atom stereocenters. The smallest absolute Gasteiger partial charge is 0.411 e. The molecule has 1 aliphatic rings. The van der Waals surface area contributed by atoms with Crippen molar-refractivity contribution in [1.82, 2.24) is 5.32 Å². The van der Waals surface area contributed by atoms with Gasteiger partial charge in [0.05, 0.1) is 0 Å². The minimum absolute atomic E-state index is 0.0900. The second-order valence-electron chi connectivity index (χ2n) is 6.77. The summed E-state index contributed by atoms with van der Waals surface area (Å²) in [7, 11) is 2.61. The van der Waals surface area contributed by atoms with Gasteiger partial charge >= 0.3 is 6.09 Å². The lowest BCUT2D eigenvalue weighted by molar-refractivity contribution is -0.178. The fourth-order valence-corrected chi connectivity index (χ4v) is 3.19. The molecule has 0 atom stereocenters. The number of aldehydes is 1. The van der Waals surface area contributed by atoms with E-state index >= 15 is 0 Å². The lowest BCUT2D eigenvalue weighted by Crippen LogP contribution is -2.41. The van der Waals surface area contributed by atoms with Crippen LogP contribution in [0.25, 0.3) is 0 Å². The zero-order valence-electron chi connectivity index (χ0n) is 17.3. The number of aliphatic imine (C=N–C) groups is 1. The highest BCUT2D eigenvalue weighted by Crippen LogP contribution is 2.31. The van der Waals surface area contributed by atoms with E-state index in [0.29, 0.717) is 36.1 Å². The molecule has 0 aliphatic carbocycles. The quantitative estimate of drug-likeness (QED) is 0.513. The summed E-state index contributed by atoms with van der Waals surface area (Å²) in [6.45, 7) is 0.0900. The number of ether oxygens (including phenoxy) is 3. The summed E-state index contributed by atoms with van der Waals surface area (Å²) in [5.74, 6) is -2.18. The van der Waals surface area contributed by atoms with Crippen LogP contribution in [-0.2, 0) is 25.6 Å². The van der Waals surface area contributed by atoms with E-state index in [-0.39, 0.29) is 18.1 Å². The highest BCUT2D eigenvalue weighted by molar-refractivity contribution is 6.02. The maximum absolute atomic E-state index is 13.3. The lowest BCUT2D eigenvalue weighted by Gasteiger charge is -2.30. The van der Waals surface area contributed by atoms with Gasteiger partial charge in [0.15, 0.2) is 6.29 Å². The van der Waals surface area contributed by atoms with Crippen LogP contribution in [0.2, 0.25) is 0 Å². The van der Waals surface area contributed by atoms with Crippen LogP contribution in [0.1, 0.15) is 24.0 Å². The highest BCUT2D eigenvalue weighted by Gasteiger charge is 2.39. The lowest BCUT2D eigenvalue weighted by atomic mass is 9.98. The Kier molecular flexibility index (Phi) is 7.28. The number of benzene rings is 2. The number of methoxy groups -OCH3 is 2. The Morgan fingerprint density at radius 2 is 1.77 bits per heavy atom. The first-order valence-corrected chi connectivity index (χ1v) is 9.62. The van der Waals surface area contributed by atoms with Crippen molar-refractivity contribution in [2.75, 3.05) is 14.2 Å². The molecule has 0 fully saturated rings. The van der Waals surface area contributed by atoms with Gasteiger partial charge < -0.3 is 14.2 Å². The van der Waals surface area contributed by atoms with Gasteiger partial charge in [-0.05, 0) is 36.1 Å². The number of hydrogen-bond donors (Lipinski definition) is 1. The average Bonchev–Trinajstić information content (AvgIpc) is 2.81. The molecule has 0 spiro atoms. The summed E-state index contributed by atoms with van der Waals surface area (Å²) in [6, 6.07) is 15.1. The fourth-order valence-electron chi connectivity index (χ4n) is 3.19. The first kappa shape index (κ1) is 22.3. The number of nitrogens with zero attached hydrogens (tertiary/aromatic N) is 1. The summed E-state index contributed by atoms with van der Waals surface area (Å²) < 4.78 is 29.2. The number of carbonyl (C=O) groups excluding carboxylic acids is 2. The van der Waals surface area contributed by atoms with Crippen LogP contribution in [0.15, 0.2) is 71.0 Å². The number of allylic oxidation sites excluding steroid dienone is 1. The first-order valence-electron chi connectivity index (χ1n) is 9.62. The molecule has 2 aromatic rings. The third-order valence-electron chi connectivity index (χ3n) is 4.88. The SMILES string of the molecule is COC(C=O)(OC)C1=C(NC(=O)OCc2ccccc2)CCC(c2ccc(F)cc2)=N1. The van der Waals surface area contributed by atoms with Gasteiger partial charge in [-0.3, -0.25) is 10.1 Å². The Morgan fingerprint density at radius 1 is 1.10 bits per heavy atom. The van der Waals surface area contributed by atoms with E-state index in [0.717, 1.165) is 5.56 Å². The van der Waals surface area contributed by atoms with Crippen LogP contribution in [-0.4, -0.2) is 38.1 Å². The largest absolute Gasteiger partial charge is 0.444 e. The number of halogens is 1. The molecule has 162 valence electrons. The molecule has 1 N–H and O–H groups in total. The molecule has 2 aromatic carbocycles. The van der Waals surface area contributed by atoms with Crippen LogP contribution in [0.4, 0.5) is 9.18 Å². The summed E-state index contributed by atoms with van der Waals surface area (Å²) >= 11 is 0. The van der Waals surface area contributed by atoms with Gasteiger partial charge in [0.25, 0.3) is 5.79 Å². The van der Waals surface area contributed by atoms with E-state index in [4.69, 9.17) is 14.2 Å². The molecular formula is C23H23FN2O5. The van der Waals surface area contributed by atoms with Crippen molar-refractivity contribution >= 4 is 18.1 Å². The van der Waals surface area contributed by atoms with E-state index in [9.17, 15) is 14.0 Å². The van der Waals surface area contributed by atoms with Crippen LogP contribution in [0, 0.1) is 5.82 Å². The van der Waals surface area contributed by atoms with Crippen molar-refractivity contribution in [3.8, 4) is 0 Å². The Labute approximate surface area is 179 Å². The number of alkyl carbamates (subject to hydrolysis) is 1. The summed E-state index contributed by atoms with van der Waals surface area (Å²) in [5.41, 5.74) is 2.59. The predicted molar refractivity (Wildman–Crippen MR) is 112 cm³/mol. The Hall–Kier alpha value is -3.36. The van der Waals surface area contributed by atoms with Gasteiger partial charge in [-0.25, -0.2) is 14.2 Å². The first-order chi connectivity index (χ1) is 15.0. The molecule has 7 nitrogen and oxygen atoms in total. The van der Waals surface area contributed by atoms with Crippen LogP contribution < -0.4 is 5.32 Å². The van der Waals surface area contributed by atoms with Gasteiger partial charge in [-0.15, -0.1) is 0 Å². The molecule has 0 saturated carbocycles. The maximum Gasteiger partial charge on any atom is 0.411 e. The molecule has 0 radical (unpaired) electrons. The van der Waals surface area contributed by atoms with Crippen molar-refractivity contribution in [3.05, 3.63) is 82.9 Å². The Morgan fingerprint density at radius 3 is 2.39 bits per heavy atom. The zero-order chi connectivity index (χ0) is 22.3. The average molecular weight is 426 g/mol. The fraction of sp³-hybridized carbons (Fsp3) is 0.261. The second kappa shape index (κ2) is 10.1. The molecule has 1 heterocycles. The third-order valence-corrected chi connectivity index (χ3v) is 4.88. The normalized spacial score (nSPS) is 14.1. The van der Waals surface area contributed by atoms with Crippen LogP contribution >= 0.6 is 0 Å². The second-order valence-corrected chi connectivity index (χ2v) is 6.77. The summed E-state index contributed by atoms with van der Waals surface area (Å²) in [6.07, 6.45) is 0.569. The van der Waals surface area contributed by atoms with E-state index in [1.54, 1.807) is 12.1 Å². The minimum atomic E-state index is -1.81. The Balaban J connectivity index is 1.89. The van der Waals surface area contributed by atoms with Crippen molar-refractivity contribution in [2.24, 2.45) is 4.99 Å². The number of carbonyl (C=O) groups is 2. The van der Waals surface area contributed by atoms with Crippen molar-refractivity contribution in [1.29, 1.82) is 0 Å². The minimum Gasteiger partial charge on any atom is -0.444 e. The van der Waals surface area contributed by atoms with Crippen molar-refractivity contribution in [3.63, 3.8) is 0 Å². The summed E-state index contributed by atoms with van der Waals surface area (Å²) in [5, 5.41) is 2.66. The number of rotatable bonds is 8. The zero-order valence-corrected chi connectivity index (χ0v) is 17.3. The number of hydrogen-bond acceptors (Lipinski definition) is 6. The summed E-state index contributed by atoms with van der Waals surface area (Å²) in [4.78, 5) is 28.8. The van der Waals surface area contributed by atoms with Gasteiger partial charge in [-0.1, -0.05) is 42.5 Å². The topological polar surface area (TPSA) is 86.2 Å². The van der Waals surface area contributed by atoms with Crippen LogP contribution in [0.5, 0.6) is 0 Å². The van der Waals surface area contributed by atoms with Gasteiger partial charge in [0.1, 0.15) is 18.1 Å². The monoisotopic (exact) mass is 426 g/mol. The molecule has 0 aromatic heterocycles. The van der Waals surface area contributed by atoms with Gasteiger partial charge in [0.2, 0.25) is 0 Å². The van der Waals surface area contributed by atoms with Gasteiger partial charge in [-0.2, -0.15) is 0 Å². The van der Waals surface area contributed by atoms with E-state index < -0.39 is 11.9 Å². The van der Waals surface area contributed by atoms with Gasteiger partial charge in [0, 0.05) is 25.6 Å². The molecule has 8 heteroatoms. The molecular weight excluding hydrogens is 403 g/mol. The molecule has 1 aliphatic heterocycles. The molecule has 0 bridgehead atoms. The van der Waals surface area contributed by atoms with E-state index in [1.807, 2.05) is 30.3 Å². The Bertz CT molecular complexity index is 983. The maximum atomic E-state index is 13.3. The standard InChI is InChI=1S/C23H23FN2O5/c1-29-23(15-27,30-2)21-20(26-22(28)31-14-16-6-4-3-5-7-16)13-12-19(25-21)17-8-10-18(24)11-9-17/h3-11,15H,12-14H2,1-2H3,(H,26,28).